The molecular weight excluding hydrogens is 360 g/mol. The molecule has 2 aromatic carbocycles. The monoisotopic (exact) mass is 376 g/mol. The highest BCUT2D eigenvalue weighted by Gasteiger charge is 2.30. The Morgan fingerprint density at radius 2 is 1.79 bits per heavy atom. The fourth-order valence-electron chi connectivity index (χ4n) is 3.91. The summed E-state index contributed by atoms with van der Waals surface area (Å²) >= 11 is 0. The van der Waals surface area contributed by atoms with Gasteiger partial charge in [-0.3, -0.25) is 4.79 Å². The highest BCUT2D eigenvalue weighted by atomic mass is 16.7. The Balaban J connectivity index is 1.63. The second-order valence-electron chi connectivity index (χ2n) is 7.61. The van der Waals surface area contributed by atoms with Gasteiger partial charge >= 0.3 is 0 Å². The van der Waals surface area contributed by atoms with Gasteiger partial charge in [-0.2, -0.15) is 0 Å². The molecule has 28 heavy (non-hydrogen) atoms. The fraction of sp³-hybridized carbons (Fsp3) is 0.227. The van der Waals surface area contributed by atoms with E-state index in [4.69, 9.17) is 23.4 Å². The van der Waals surface area contributed by atoms with Crippen molar-refractivity contribution in [2.45, 2.75) is 26.1 Å². The van der Waals surface area contributed by atoms with E-state index in [-0.39, 0.29) is 18.8 Å². The second-order valence-corrected chi connectivity index (χ2v) is 7.61. The van der Waals surface area contributed by atoms with E-state index >= 15 is 0 Å². The molecule has 6 nitrogen and oxygen atoms in total. The van der Waals surface area contributed by atoms with Gasteiger partial charge in [-0.05, 0) is 44.2 Å². The molecule has 0 N–H and O–H groups in total. The standard InChI is InChI=1S/C22H16O6/c1-22(2)6-5-11-14(28-22)4-3-12-20(23)19-13-7-16-17(26-10-25-16)8-15(13)24-9-18(19)27-21(11)12/h3-8H,9-10H2,1-2H3. The maximum Gasteiger partial charge on any atom is 0.231 e. The van der Waals surface area contributed by atoms with Crippen molar-refractivity contribution in [2.24, 2.45) is 0 Å². The van der Waals surface area contributed by atoms with Crippen LogP contribution in [0.2, 0.25) is 0 Å². The van der Waals surface area contributed by atoms with E-state index in [2.05, 4.69) is 0 Å². The van der Waals surface area contributed by atoms with Gasteiger partial charge in [0.15, 0.2) is 17.3 Å². The van der Waals surface area contributed by atoms with Crippen molar-refractivity contribution in [3.05, 3.63) is 51.9 Å². The van der Waals surface area contributed by atoms with Gasteiger partial charge in [0.05, 0.1) is 16.5 Å². The minimum Gasteiger partial charge on any atom is -0.485 e. The molecule has 3 aliphatic rings. The molecule has 3 aromatic rings. The van der Waals surface area contributed by atoms with Gasteiger partial charge < -0.3 is 23.4 Å². The molecule has 6 rings (SSSR count). The normalized spacial score (nSPS) is 17.4. The summed E-state index contributed by atoms with van der Waals surface area (Å²) in [7, 11) is 0. The Kier molecular flexibility index (Phi) is 2.85. The molecule has 4 heterocycles. The van der Waals surface area contributed by atoms with Crippen LogP contribution < -0.4 is 24.4 Å². The Morgan fingerprint density at radius 3 is 2.64 bits per heavy atom. The number of hydrogen-bond acceptors (Lipinski definition) is 6. The number of fused-ring (bicyclic) bond motifs is 7. The SMILES string of the molecule is CC1(C)C=Cc2c(ccc3c(=O)c4c(oc23)COc2cc3c(cc2-4)OCO3)O1. The molecule has 0 amide bonds. The van der Waals surface area contributed by atoms with E-state index in [1.54, 1.807) is 18.2 Å². The summed E-state index contributed by atoms with van der Waals surface area (Å²) in [5, 5.41) is 0.510. The minimum absolute atomic E-state index is 0.0966. The Morgan fingerprint density at radius 1 is 0.964 bits per heavy atom. The van der Waals surface area contributed by atoms with Crippen molar-refractivity contribution in [1.29, 1.82) is 0 Å². The third-order valence-electron chi connectivity index (χ3n) is 5.26. The van der Waals surface area contributed by atoms with Crippen LogP contribution in [-0.2, 0) is 6.61 Å². The molecule has 1 aromatic heterocycles. The summed E-state index contributed by atoms with van der Waals surface area (Å²) in [6.45, 7) is 4.29. The summed E-state index contributed by atoms with van der Waals surface area (Å²) in [5.74, 6) is 3.00. The van der Waals surface area contributed by atoms with Crippen molar-refractivity contribution in [2.75, 3.05) is 6.79 Å². The topological polar surface area (TPSA) is 67.1 Å². The Bertz CT molecular complexity index is 1260. The zero-order valence-electron chi connectivity index (χ0n) is 15.3. The van der Waals surface area contributed by atoms with Crippen LogP contribution in [0.25, 0.3) is 28.2 Å². The van der Waals surface area contributed by atoms with E-state index in [1.807, 2.05) is 32.1 Å². The molecule has 0 aliphatic carbocycles. The first kappa shape index (κ1) is 15.6. The van der Waals surface area contributed by atoms with Crippen LogP contribution in [0.15, 0.2) is 39.6 Å². The lowest BCUT2D eigenvalue weighted by Crippen LogP contribution is -2.27. The molecule has 0 radical (unpaired) electrons. The first-order chi connectivity index (χ1) is 13.5. The van der Waals surface area contributed by atoms with Gasteiger partial charge in [-0.15, -0.1) is 0 Å². The summed E-state index contributed by atoms with van der Waals surface area (Å²) < 4.78 is 28.9. The number of ether oxygens (including phenoxy) is 4. The molecule has 0 bridgehead atoms. The van der Waals surface area contributed by atoms with Gasteiger partial charge in [0.25, 0.3) is 0 Å². The number of hydrogen-bond donors (Lipinski definition) is 0. The fourth-order valence-corrected chi connectivity index (χ4v) is 3.91. The van der Waals surface area contributed by atoms with Crippen LogP contribution in [0, 0.1) is 0 Å². The predicted octanol–water partition coefficient (Wildman–Crippen LogP) is 4.27. The second kappa shape index (κ2) is 5.10. The van der Waals surface area contributed by atoms with Crippen LogP contribution in [0.3, 0.4) is 0 Å². The summed E-state index contributed by atoms with van der Waals surface area (Å²) in [6, 6.07) is 7.13. The predicted molar refractivity (Wildman–Crippen MR) is 102 cm³/mol. The molecule has 0 unspecified atom stereocenters. The maximum atomic E-state index is 13.4. The van der Waals surface area contributed by atoms with Crippen molar-refractivity contribution in [3.8, 4) is 34.1 Å². The zero-order chi connectivity index (χ0) is 19.0. The number of rotatable bonds is 0. The average Bonchev–Trinajstić information content (AvgIpc) is 3.12. The lowest BCUT2D eigenvalue weighted by molar-refractivity contribution is 0.159. The van der Waals surface area contributed by atoms with Crippen molar-refractivity contribution in [1.82, 2.24) is 0 Å². The highest BCUT2D eigenvalue weighted by Crippen LogP contribution is 2.46. The highest BCUT2D eigenvalue weighted by molar-refractivity contribution is 5.93. The smallest absolute Gasteiger partial charge is 0.231 e. The molecule has 6 heteroatoms. The van der Waals surface area contributed by atoms with E-state index in [9.17, 15) is 4.79 Å². The van der Waals surface area contributed by atoms with Crippen LogP contribution in [-0.4, -0.2) is 12.4 Å². The third-order valence-corrected chi connectivity index (χ3v) is 5.26. The van der Waals surface area contributed by atoms with Crippen LogP contribution in [0.1, 0.15) is 25.2 Å². The van der Waals surface area contributed by atoms with E-state index in [0.717, 1.165) is 5.56 Å². The molecule has 3 aliphatic heterocycles. The maximum absolute atomic E-state index is 13.4. The van der Waals surface area contributed by atoms with E-state index in [0.29, 0.717) is 50.9 Å². The molecule has 0 saturated carbocycles. The first-order valence-electron chi connectivity index (χ1n) is 9.08. The summed E-state index contributed by atoms with van der Waals surface area (Å²) in [4.78, 5) is 13.4. The largest absolute Gasteiger partial charge is 0.485 e. The Hall–Kier alpha value is -3.41. The van der Waals surface area contributed by atoms with Gasteiger partial charge in [0.1, 0.15) is 29.3 Å². The quantitative estimate of drug-likeness (QED) is 0.584. The zero-order valence-corrected chi connectivity index (χ0v) is 15.3. The summed E-state index contributed by atoms with van der Waals surface area (Å²) in [5.41, 5.74) is 1.95. The first-order valence-corrected chi connectivity index (χ1v) is 9.08. The van der Waals surface area contributed by atoms with Crippen LogP contribution in [0.5, 0.6) is 23.0 Å². The lowest BCUT2D eigenvalue weighted by atomic mass is 9.96. The van der Waals surface area contributed by atoms with Crippen molar-refractivity contribution < 1.29 is 23.4 Å². The van der Waals surface area contributed by atoms with E-state index in [1.165, 1.54) is 0 Å². The van der Waals surface area contributed by atoms with E-state index < -0.39 is 5.60 Å². The Labute approximate surface area is 159 Å². The van der Waals surface area contributed by atoms with Gasteiger partial charge in [-0.25, -0.2) is 0 Å². The van der Waals surface area contributed by atoms with Gasteiger partial charge in [-0.1, -0.05) is 0 Å². The molecule has 140 valence electrons. The number of benzene rings is 2. The van der Waals surface area contributed by atoms with Crippen LogP contribution in [0.4, 0.5) is 0 Å². The van der Waals surface area contributed by atoms with Crippen LogP contribution >= 0.6 is 0 Å². The van der Waals surface area contributed by atoms with Gasteiger partial charge in [0.2, 0.25) is 12.2 Å². The minimum atomic E-state index is -0.403. The third kappa shape index (κ3) is 2.05. The molecule has 0 atom stereocenters. The molecular formula is C22H16O6. The molecule has 0 saturated heterocycles. The lowest BCUT2D eigenvalue weighted by Gasteiger charge is -2.28. The molecule has 0 spiro atoms. The van der Waals surface area contributed by atoms with Crippen molar-refractivity contribution in [3.63, 3.8) is 0 Å². The molecule has 0 fully saturated rings. The van der Waals surface area contributed by atoms with Gasteiger partial charge in [0, 0.05) is 11.6 Å². The van der Waals surface area contributed by atoms with Crippen molar-refractivity contribution >= 4 is 17.0 Å². The average molecular weight is 376 g/mol. The summed E-state index contributed by atoms with van der Waals surface area (Å²) in [6.07, 6.45) is 3.91.